The molecule has 0 saturated heterocycles. The molecule has 0 fully saturated rings. The van der Waals surface area contributed by atoms with E-state index in [1.807, 2.05) is 6.92 Å². The predicted octanol–water partition coefficient (Wildman–Crippen LogP) is 3.84. The number of carboxylic acids is 1. The number of unbranched alkanes of at least 4 members (excludes halogenated alkanes) is 5. The molecule has 0 aliphatic heterocycles. The van der Waals surface area contributed by atoms with Gasteiger partial charge in [0, 0.05) is 20.1 Å². The van der Waals surface area contributed by atoms with Gasteiger partial charge in [-0.25, -0.2) is 0 Å². The lowest BCUT2D eigenvalue weighted by molar-refractivity contribution is -0.230. The van der Waals surface area contributed by atoms with Crippen LogP contribution in [0, 0.1) is 5.92 Å². The minimum atomic E-state index is -0.804. The van der Waals surface area contributed by atoms with Crippen LogP contribution in [0.2, 0.25) is 0 Å². The number of hydrogen-bond acceptors (Lipinski definition) is 3. The van der Waals surface area contributed by atoms with E-state index in [1.54, 1.807) is 14.2 Å². The van der Waals surface area contributed by atoms with Crippen LogP contribution in [0.1, 0.15) is 65.2 Å². The van der Waals surface area contributed by atoms with Gasteiger partial charge in [-0.2, -0.15) is 0 Å². The second kappa shape index (κ2) is 10.2. The van der Waals surface area contributed by atoms with Gasteiger partial charge in [0.2, 0.25) is 0 Å². The lowest BCUT2D eigenvalue weighted by Gasteiger charge is -2.34. The zero-order valence-corrected chi connectivity index (χ0v) is 12.9. The molecule has 0 aliphatic carbocycles. The second-order valence-corrected chi connectivity index (χ2v) is 5.28. The Hall–Kier alpha value is -0.610. The van der Waals surface area contributed by atoms with E-state index in [1.165, 1.54) is 25.7 Å². The molecule has 0 heterocycles. The largest absolute Gasteiger partial charge is 0.481 e. The monoisotopic (exact) mass is 274 g/mol. The molecule has 0 aliphatic rings. The first-order chi connectivity index (χ1) is 9.00. The zero-order chi connectivity index (χ0) is 14.7. The van der Waals surface area contributed by atoms with Gasteiger partial charge >= 0.3 is 5.97 Å². The van der Waals surface area contributed by atoms with Crippen molar-refractivity contribution in [3.63, 3.8) is 0 Å². The van der Waals surface area contributed by atoms with E-state index in [-0.39, 0.29) is 12.3 Å². The number of carboxylic acid groups (broad SMARTS) is 1. The number of carbonyl (C=O) groups is 1. The van der Waals surface area contributed by atoms with Gasteiger partial charge in [-0.15, -0.1) is 0 Å². The third-order valence-corrected chi connectivity index (χ3v) is 3.88. The van der Waals surface area contributed by atoms with E-state index in [0.29, 0.717) is 0 Å². The molecule has 4 heteroatoms. The van der Waals surface area contributed by atoms with E-state index in [0.717, 1.165) is 19.3 Å². The van der Waals surface area contributed by atoms with Gasteiger partial charge < -0.3 is 14.6 Å². The summed E-state index contributed by atoms with van der Waals surface area (Å²) in [5.41, 5.74) is 0. The highest BCUT2D eigenvalue weighted by Gasteiger charge is 2.35. The van der Waals surface area contributed by atoms with Crippen molar-refractivity contribution in [2.45, 2.75) is 71.0 Å². The van der Waals surface area contributed by atoms with Crippen LogP contribution < -0.4 is 0 Å². The minimum Gasteiger partial charge on any atom is -0.481 e. The third kappa shape index (κ3) is 7.53. The van der Waals surface area contributed by atoms with Crippen LogP contribution in [-0.4, -0.2) is 31.1 Å². The van der Waals surface area contributed by atoms with E-state index in [2.05, 4.69) is 6.92 Å². The van der Waals surface area contributed by atoms with Crippen molar-refractivity contribution >= 4 is 5.97 Å². The van der Waals surface area contributed by atoms with E-state index in [9.17, 15) is 4.79 Å². The first-order valence-electron chi connectivity index (χ1n) is 7.32. The Kier molecular flexibility index (Phi) is 9.88. The molecule has 4 nitrogen and oxygen atoms in total. The van der Waals surface area contributed by atoms with Crippen molar-refractivity contribution in [2.24, 2.45) is 5.92 Å². The standard InChI is InChI=1S/C15H30O4/c1-5-6-7-8-9-10-11-13(12-14(16)17)15(2,18-3)19-4/h13H,5-12H2,1-4H3,(H,16,17). The number of rotatable bonds is 12. The first-order valence-corrected chi connectivity index (χ1v) is 7.32. The lowest BCUT2D eigenvalue weighted by Crippen LogP contribution is -2.40. The highest BCUT2D eigenvalue weighted by molar-refractivity contribution is 5.67. The molecule has 0 aromatic carbocycles. The normalized spacial score (nSPS) is 13.5. The molecule has 0 saturated carbocycles. The Morgan fingerprint density at radius 3 is 2.11 bits per heavy atom. The van der Waals surface area contributed by atoms with Crippen LogP contribution in [0.4, 0.5) is 0 Å². The van der Waals surface area contributed by atoms with Gasteiger partial charge in [-0.05, 0) is 13.3 Å². The average Bonchev–Trinajstić information content (AvgIpc) is 2.40. The zero-order valence-electron chi connectivity index (χ0n) is 12.9. The summed E-state index contributed by atoms with van der Waals surface area (Å²) in [5.74, 6) is -1.70. The maximum absolute atomic E-state index is 11.0. The summed E-state index contributed by atoms with van der Waals surface area (Å²) in [6.07, 6.45) is 8.13. The topological polar surface area (TPSA) is 55.8 Å². The van der Waals surface area contributed by atoms with Gasteiger partial charge in [-0.1, -0.05) is 45.4 Å². The SMILES string of the molecule is CCCCCCCCC(CC(=O)O)C(C)(OC)OC. The molecule has 0 aromatic rings. The van der Waals surface area contributed by atoms with Crippen LogP contribution in [0.15, 0.2) is 0 Å². The van der Waals surface area contributed by atoms with Crippen LogP contribution in [-0.2, 0) is 14.3 Å². The van der Waals surface area contributed by atoms with Gasteiger partial charge in [-0.3, -0.25) is 4.79 Å². The molecular formula is C15H30O4. The van der Waals surface area contributed by atoms with Gasteiger partial charge in [0.1, 0.15) is 0 Å². The van der Waals surface area contributed by atoms with Crippen molar-refractivity contribution in [1.82, 2.24) is 0 Å². The molecule has 0 radical (unpaired) electrons. The van der Waals surface area contributed by atoms with Crippen molar-refractivity contribution in [2.75, 3.05) is 14.2 Å². The Balaban J connectivity index is 4.17. The molecular weight excluding hydrogens is 244 g/mol. The van der Waals surface area contributed by atoms with Crippen molar-refractivity contribution in [3.05, 3.63) is 0 Å². The summed E-state index contributed by atoms with van der Waals surface area (Å²) in [6.45, 7) is 4.02. The van der Waals surface area contributed by atoms with Crippen LogP contribution in [0.3, 0.4) is 0 Å². The summed E-state index contributed by atoms with van der Waals surface area (Å²) in [7, 11) is 3.14. The van der Waals surface area contributed by atoms with E-state index < -0.39 is 11.8 Å². The molecule has 1 atom stereocenters. The van der Waals surface area contributed by atoms with Crippen molar-refractivity contribution in [1.29, 1.82) is 0 Å². The summed E-state index contributed by atoms with van der Waals surface area (Å²) in [6, 6.07) is 0. The van der Waals surface area contributed by atoms with Crippen molar-refractivity contribution < 1.29 is 19.4 Å². The van der Waals surface area contributed by atoms with E-state index in [4.69, 9.17) is 14.6 Å². The Morgan fingerprint density at radius 1 is 1.11 bits per heavy atom. The Bertz CT molecular complexity index is 236. The smallest absolute Gasteiger partial charge is 0.303 e. The Morgan fingerprint density at radius 2 is 1.63 bits per heavy atom. The maximum Gasteiger partial charge on any atom is 0.303 e. The second-order valence-electron chi connectivity index (χ2n) is 5.28. The average molecular weight is 274 g/mol. The fourth-order valence-electron chi connectivity index (χ4n) is 2.35. The lowest BCUT2D eigenvalue weighted by atomic mass is 9.90. The quantitative estimate of drug-likeness (QED) is 0.434. The molecule has 0 bridgehead atoms. The highest BCUT2D eigenvalue weighted by Crippen LogP contribution is 2.30. The molecule has 0 rings (SSSR count). The number of hydrogen-bond donors (Lipinski definition) is 1. The molecule has 1 unspecified atom stereocenters. The summed E-state index contributed by atoms with van der Waals surface area (Å²) < 4.78 is 10.7. The van der Waals surface area contributed by atoms with Gasteiger partial charge in [0.05, 0.1) is 6.42 Å². The number of ether oxygens (including phenoxy) is 2. The molecule has 0 spiro atoms. The fraction of sp³-hybridized carbons (Fsp3) is 0.933. The third-order valence-electron chi connectivity index (χ3n) is 3.88. The van der Waals surface area contributed by atoms with Crippen LogP contribution in [0.5, 0.6) is 0 Å². The molecule has 0 aromatic heterocycles. The molecule has 1 N–H and O–H groups in total. The molecule has 19 heavy (non-hydrogen) atoms. The predicted molar refractivity (Wildman–Crippen MR) is 76.2 cm³/mol. The number of aliphatic carboxylic acids is 1. The Labute approximate surface area is 117 Å². The van der Waals surface area contributed by atoms with Gasteiger partial charge in [0.25, 0.3) is 0 Å². The minimum absolute atomic E-state index is 0.0904. The summed E-state index contributed by atoms with van der Waals surface area (Å²) >= 11 is 0. The molecule has 0 amide bonds. The fourth-order valence-corrected chi connectivity index (χ4v) is 2.35. The first kappa shape index (κ1) is 18.4. The van der Waals surface area contributed by atoms with E-state index >= 15 is 0 Å². The maximum atomic E-state index is 11.0. The number of methoxy groups -OCH3 is 2. The van der Waals surface area contributed by atoms with Crippen molar-refractivity contribution in [3.8, 4) is 0 Å². The van der Waals surface area contributed by atoms with Crippen LogP contribution >= 0.6 is 0 Å². The summed E-state index contributed by atoms with van der Waals surface area (Å²) in [4.78, 5) is 11.0. The molecule has 114 valence electrons. The van der Waals surface area contributed by atoms with Gasteiger partial charge in [0.15, 0.2) is 5.79 Å². The summed E-state index contributed by atoms with van der Waals surface area (Å²) in [5, 5.41) is 9.00. The highest BCUT2D eigenvalue weighted by atomic mass is 16.7. The van der Waals surface area contributed by atoms with Crippen LogP contribution in [0.25, 0.3) is 0 Å².